The molecule has 4 atom stereocenters. The van der Waals surface area contributed by atoms with Gasteiger partial charge in [-0.2, -0.15) is 0 Å². The first-order chi connectivity index (χ1) is 7.84. The van der Waals surface area contributed by atoms with Gasteiger partial charge < -0.3 is 23.4 Å². The van der Waals surface area contributed by atoms with Gasteiger partial charge in [0.25, 0.3) is 7.82 Å². The average molecular weight is 263 g/mol. The van der Waals surface area contributed by atoms with Crippen LogP contribution in [0, 0.1) is 0 Å². The maximum Gasteiger partial charge on any atom is 0.267 e. The van der Waals surface area contributed by atoms with Crippen molar-refractivity contribution in [3.8, 4) is 0 Å². The third-order valence-electron chi connectivity index (χ3n) is 2.30. The summed E-state index contributed by atoms with van der Waals surface area (Å²) < 4.78 is 30.8. The summed E-state index contributed by atoms with van der Waals surface area (Å²) >= 11 is 0. The second-order valence-corrected chi connectivity index (χ2v) is 5.62. The lowest BCUT2D eigenvalue weighted by molar-refractivity contribution is -0.225. The van der Waals surface area contributed by atoms with E-state index in [9.17, 15) is 9.46 Å². The predicted octanol–water partition coefficient (Wildman–Crippen LogP) is 0.195. The normalized spacial score (nSPS) is 32.9. The van der Waals surface area contributed by atoms with Crippen LogP contribution in [0.25, 0.3) is 0 Å². The Bertz CT molecular complexity index is 287. The van der Waals surface area contributed by atoms with Crippen LogP contribution in [0.5, 0.6) is 0 Å². The summed E-state index contributed by atoms with van der Waals surface area (Å²) in [5, 5.41) is 0. The van der Waals surface area contributed by atoms with Crippen LogP contribution in [0.4, 0.5) is 0 Å². The van der Waals surface area contributed by atoms with Crippen LogP contribution < -0.4 is 4.89 Å². The van der Waals surface area contributed by atoms with Gasteiger partial charge in [0.05, 0.1) is 18.8 Å². The van der Waals surface area contributed by atoms with E-state index in [0.717, 1.165) is 7.11 Å². The lowest BCUT2D eigenvalue weighted by Gasteiger charge is -2.25. The van der Waals surface area contributed by atoms with Crippen molar-refractivity contribution in [1.29, 1.82) is 0 Å². The van der Waals surface area contributed by atoms with Crippen molar-refractivity contribution >= 4 is 15.7 Å². The Morgan fingerprint density at radius 2 is 2.24 bits per heavy atom. The molecule has 98 valence electrons. The molecule has 0 spiro atoms. The summed E-state index contributed by atoms with van der Waals surface area (Å²) in [4.78, 5) is 11.0. The highest BCUT2D eigenvalue weighted by atomic mass is 31.2. The first-order valence-corrected chi connectivity index (χ1v) is 6.88. The van der Waals surface area contributed by atoms with Crippen LogP contribution in [0.1, 0.15) is 20.3 Å². The van der Waals surface area contributed by atoms with E-state index in [0.29, 0.717) is 6.42 Å². The topological polar surface area (TPSA) is 77.1 Å². The number of hydrogen-bond acceptors (Lipinski definition) is 6. The molecular weight excluding hydrogens is 246 g/mol. The molecule has 0 aromatic carbocycles. The van der Waals surface area contributed by atoms with Crippen LogP contribution in [-0.4, -0.2) is 45.9 Å². The monoisotopic (exact) mass is 263 g/mol. The van der Waals surface area contributed by atoms with E-state index in [4.69, 9.17) is 17.3 Å². The van der Waals surface area contributed by atoms with E-state index in [1.165, 1.54) is 0 Å². The molecule has 0 N–H and O–H groups in total. The Morgan fingerprint density at radius 3 is 2.76 bits per heavy atom. The van der Waals surface area contributed by atoms with Crippen LogP contribution in [-0.2, 0) is 23.1 Å². The summed E-state index contributed by atoms with van der Waals surface area (Å²) in [6.45, 7) is 3.62. The third-order valence-corrected chi connectivity index (χ3v) is 3.21. The van der Waals surface area contributed by atoms with Crippen molar-refractivity contribution < 1.29 is 28.0 Å². The van der Waals surface area contributed by atoms with Gasteiger partial charge in [-0.25, -0.2) is 0 Å². The zero-order chi connectivity index (χ0) is 13.1. The third kappa shape index (κ3) is 5.08. The molecule has 1 unspecified atom stereocenters. The zero-order valence-corrected chi connectivity index (χ0v) is 11.1. The highest BCUT2D eigenvalue weighted by molar-refractivity contribution is 7.45. The SMILES string of the molecule is [B][C@H]1C[C@@H](OC(C)C)[C@@H](COP(=O)([O-])OC)O1. The fourth-order valence-corrected chi connectivity index (χ4v) is 2.04. The van der Waals surface area contributed by atoms with Crippen molar-refractivity contribution in [2.75, 3.05) is 13.7 Å². The Hall–Kier alpha value is 0.0949. The standard InChI is InChI=1S/C9H18BO6P/c1-6(2)15-7-4-9(10)16-8(7)5-14-17(11,12)13-3/h6-9H,4-5H2,1-3H3,(H,11,12)/p-1/t7-,8-,9-/m1/s1. The van der Waals surface area contributed by atoms with E-state index in [-0.39, 0.29) is 18.8 Å². The molecule has 0 aromatic heterocycles. The van der Waals surface area contributed by atoms with Gasteiger partial charge in [0.1, 0.15) is 14.0 Å². The number of phosphoric ester groups is 1. The van der Waals surface area contributed by atoms with Crippen molar-refractivity contribution in [3.05, 3.63) is 0 Å². The summed E-state index contributed by atoms with van der Waals surface area (Å²) in [5.41, 5.74) is 0. The Kier molecular flexibility index (Phi) is 5.63. The van der Waals surface area contributed by atoms with Gasteiger partial charge in [0, 0.05) is 13.1 Å². The molecule has 2 radical (unpaired) electrons. The molecule has 6 nitrogen and oxygen atoms in total. The van der Waals surface area contributed by atoms with Gasteiger partial charge in [-0.3, -0.25) is 4.57 Å². The van der Waals surface area contributed by atoms with Gasteiger partial charge in [0.15, 0.2) is 0 Å². The molecule has 0 aliphatic carbocycles. The second kappa shape index (κ2) is 6.32. The van der Waals surface area contributed by atoms with Crippen molar-refractivity contribution in [2.45, 2.75) is 44.6 Å². The first-order valence-electron chi connectivity index (χ1n) is 5.42. The molecule has 1 saturated heterocycles. The van der Waals surface area contributed by atoms with Crippen LogP contribution in [0.15, 0.2) is 0 Å². The molecule has 1 rings (SSSR count). The average Bonchev–Trinajstić information content (AvgIpc) is 2.55. The summed E-state index contributed by atoms with van der Waals surface area (Å²) in [6, 6.07) is -0.457. The summed E-state index contributed by atoms with van der Waals surface area (Å²) in [7, 11) is 2.43. The Balaban J connectivity index is 2.47. The minimum atomic E-state index is -4.23. The molecule has 1 heterocycles. The van der Waals surface area contributed by atoms with Crippen molar-refractivity contribution in [1.82, 2.24) is 0 Å². The fraction of sp³-hybridized carbons (Fsp3) is 1.00. The number of ether oxygens (including phenoxy) is 2. The molecule has 8 heteroatoms. The lowest BCUT2D eigenvalue weighted by atomic mass is 9.96. The molecular formula is C9H17BO6P-. The highest BCUT2D eigenvalue weighted by Gasteiger charge is 2.34. The molecule has 1 fully saturated rings. The number of rotatable bonds is 6. The van der Waals surface area contributed by atoms with E-state index in [1.807, 2.05) is 13.8 Å². The zero-order valence-electron chi connectivity index (χ0n) is 10.2. The van der Waals surface area contributed by atoms with Gasteiger partial charge in [0.2, 0.25) is 0 Å². The van der Waals surface area contributed by atoms with Crippen LogP contribution in [0.2, 0.25) is 0 Å². The van der Waals surface area contributed by atoms with E-state index < -0.39 is 19.9 Å². The van der Waals surface area contributed by atoms with Gasteiger partial charge in [-0.15, -0.1) is 0 Å². The van der Waals surface area contributed by atoms with E-state index >= 15 is 0 Å². The van der Waals surface area contributed by atoms with Gasteiger partial charge >= 0.3 is 0 Å². The maximum atomic E-state index is 11.0. The maximum absolute atomic E-state index is 11.0. The predicted molar refractivity (Wildman–Crippen MR) is 59.6 cm³/mol. The van der Waals surface area contributed by atoms with E-state index in [1.54, 1.807) is 0 Å². The number of hydrogen-bond donors (Lipinski definition) is 0. The lowest BCUT2D eigenvalue weighted by Crippen LogP contribution is -2.31. The largest absolute Gasteiger partial charge is 0.756 e. The van der Waals surface area contributed by atoms with Crippen molar-refractivity contribution in [2.24, 2.45) is 0 Å². The molecule has 0 saturated carbocycles. The molecule has 1 aliphatic heterocycles. The molecule has 1 aliphatic rings. The summed E-state index contributed by atoms with van der Waals surface area (Å²) in [6.07, 6.45) is -0.230. The van der Waals surface area contributed by atoms with Gasteiger partial charge in [-0.05, 0) is 20.3 Å². The second-order valence-electron chi connectivity index (χ2n) is 4.10. The number of phosphoric acid groups is 1. The molecule has 0 amide bonds. The van der Waals surface area contributed by atoms with Crippen LogP contribution >= 0.6 is 7.82 Å². The molecule has 17 heavy (non-hydrogen) atoms. The summed E-state index contributed by atoms with van der Waals surface area (Å²) in [5.74, 6) is 0. The van der Waals surface area contributed by atoms with E-state index in [2.05, 4.69) is 9.05 Å². The minimum Gasteiger partial charge on any atom is -0.756 e. The highest BCUT2D eigenvalue weighted by Crippen LogP contribution is 2.38. The molecule has 0 aromatic rings. The first kappa shape index (κ1) is 15.2. The molecule has 0 bridgehead atoms. The minimum absolute atomic E-state index is 0.0119. The quantitative estimate of drug-likeness (QED) is 0.503. The van der Waals surface area contributed by atoms with Crippen LogP contribution in [0.3, 0.4) is 0 Å². The fourth-order valence-electron chi connectivity index (χ4n) is 1.61. The van der Waals surface area contributed by atoms with Crippen molar-refractivity contribution in [3.63, 3.8) is 0 Å². The smallest absolute Gasteiger partial charge is 0.267 e. The Labute approximate surface area is 103 Å². The Morgan fingerprint density at radius 1 is 1.59 bits per heavy atom. The van der Waals surface area contributed by atoms with Gasteiger partial charge in [-0.1, -0.05) is 0 Å².